The minimum absolute atomic E-state index is 0.184. The van der Waals surface area contributed by atoms with Gasteiger partial charge in [0.05, 0.1) is 6.10 Å². The van der Waals surface area contributed by atoms with Crippen LogP contribution < -0.4 is 5.32 Å². The summed E-state index contributed by atoms with van der Waals surface area (Å²) in [7, 11) is 0. The maximum absolute atomic E-state index is 10.6. The third-order valence-corrected chi connectivity index (χ3v) is 4.70. The SMILES string of the molecule is Cc1ccc(C(O)[C@@H]2CCC(CCc3ccccc3)N2)cc1. The van der Waals surface area contributed by atoms with Gasteiger partial charge in [0.1, 0.15) is 0 Å². The van der Waals surface area contributed by atoms with Gasteiger partial charge in [-0.1, -0.05) is 60.2 Å². The zero-order valence-electron chi connectivity index (χ0n) is 13.2. The second-order valence-corrected chi connectivity index (χ2v) is 6.43. The van der Waals surface area contributed by atoms with Gasteiger partial charge in [-0.25, -0.2) is 0 Å². The maximum Gasteiger partial charge on any atom is 0.0943 e. The molecule has 2 heteroatoms. The summed E-state index contributed by atoms with van der Waals surface area (Å²) in [5.41, 5.74) is 3.65. The third-order valence-electron chi connectivity index (χ3n) is 4.70. The molecule has 1 heterocycles. The van der Waals surface area contributed by atoms with E-state index in [2.05, 4.69) is 54.7 Å². The van der Waals surface area contributed by atoms with Gasteiger partial charge < -0.3 is 10.4 Å². The standard InChI is InChI=1S/C20H25NO/c1-15-7-10-17(11-8-15)20(22)19-14-13-18(21-19)12-9-16-5-3-2-4-6-16/h2-8,10-11,18-22H,9,12-14H2,1H3/t18?,19-,20?/m0/s1. The molecular weight excluding hydrogens is 270 g/mol. The molecule has 0 saturated carbocycles. The fourth-order valence-corrected chi connectivity index (χ4v) is 3.31. The molecule has 0 radical (unpaired) electrons. The van der Waals surface area contributed by atoms with E-state index in [1.54, 1.807) is 0 Å². The Morgan fingerprint density at radius 3 is 2.50 bits per heavy atom. The largest absolute Gasteiger partial charge is 0.387 e. The molecule has 1 aliphatic rings. The molecule has 116 valence electrons. The van der Waals surface area contributed by atoms with Crippen molar-refractivity contribution in [3.8, 4) is 0 Å². The molecule has 22 heavy (non-hydrogen) atoms. The molecule has 3 atom stereocenters. The first-order valence-electron chi connectivity index (χ1n) is 8.27. The van der Waals surface area contributed by atoms with Crippen LogP contribution in [0.5, 0.6) is 0 Å². The first-order chi connectivity index (χ1) is 10.7. The average molecular weight is 295 g/mol. The molecule has 0 spiro atoms. The monoisotopic (exact) mass is 295 g/mol. The third kappa shape index (κ3) is 3.76. The second kappa shape index (κ2) is 7.08. The molecule has 2 N–H and O–H groups in total. The molecule has 1 fully saturated rings. The highest BCUT2D eigenvalue weighted by atomic mass is 16.3. The zero-order chi connectivity index (χ0) is 15.4. The normalized spacial score (nSPS) is 22.6. The van der Waals surface area contributed by atoms with Gasteiger partial charge in [0.15, 0.2) is 0 Å². The minimum atomic E-state index is -0.401. The van der Waals surface area contributed by atoms with Crippen molar-refractivity contribution in [3.05, 3.63) is 71.3 Å². The molecule has 0 bridgehead atoms. The molecule has 3 rings (SSSR count). The summed E-state index contributed by atoms with van der Waals surface area (Å²) < 4.78 is 0. The van der Waals surface area contributed by atoms with E-state index in [1.807, 2.05) is 12.1 Å². The molecule has 0 aromatic heterocycles. The lowest BCUT2D eigenvalue weighted by Gasteiger charge is -2.20. The smallest absolute Gasteiger partial charge is 0.0943 e. The molecule has 2 aromatic rings. The van der Waals surface area contributed by atoms with Crippen LogP contribution in [0.25, 0.3) is 0 Å². The van der Waals surface area contributed by atoms with E-state index in [4.69, 9.17) is 0 Å². The second-order valence-electron chi connectivity index (χ2n) is 6.43. The maximum atomic E-state index is 10.6. The van der Waals surface area contributed by atoms with E-state index in [1.165, 1.54) is 11.1 Å². The van der Waals surface area contributed by atoms with E-state index in [9.17, 15) is 5.11 Å². The van der Waals surface area contributed by atoms with Gasteiger partial charge in [-0.05, 0) is 43.7 Å². The van der Waals surface area contributed by atoms with Crippen molar-refractivity contribution in [2.24, 2.45) is 0 Å². The van der Waals surface area contributed by atoms with Gasteiger partial charge in [-0.2, -0.15) is 0 Å². The number of aliphatic hydroxyl groups excluding tert-OH is 1. The van der Waals surface area contributed by atoms with E-state index in [0.29, 0.717) is 6.04 Å². The van der Waals surface area contributed by atoms with E-state index in [-0.39, 0.29) is 6.04 Å². The first-order valence-corrected chi connectivity index (χ1v) is 8.27. The molecule has 2 unspecified atom stereocenters. The van der Waals surface area contributed by atoms with E-state index < -0.39 is 6.10 Å². The summed E-state index contributed by atoms with van der Waals surface area (Å²) >= 11 is 0. The van der Waals surface area contributed by atoms with Gasteiger partial charge in [0.2, 0.25) is 0 Å². The lowest BCUT2D eigenvalue weighted by Crippen LogP contribution is -2.34. The highest BCUT2D eigenvalue weighted by Gasteiger charge is 2.29. The Bertz CT molecular complexity index is 578. The van der Waals surface area contributed by atoms with Crippen molar-refractivity contribution in [1.29, 1.82) is 0 Å². The number of aryl methyl sites for hydroxylation is 2. The molecule has 0 aliphatic carbocycles. The van der Waals surface area contributed by atoms with Crippen LogP contribution in [-0.4, -0.2) is 17.2 Å². The van der Waals surface area contributed by atoms with Crippen molar-refractivity contribution in [1.82, 2.24) is 5.32 Å². The van der Waals surface area contributed by atoms with Crippen LogP contribution in [-0.2, 0) is 6.42 Å². The van der Waals surface area contributed by atoms with Crippen molar-refractivity contribution in [2.45, 2.75) is 50.8 Å². The highest BCUT2D eigenvalue weighted by Crippen LogP contribution is 2.27. The summed E-state index contributed by atoms with van der Waals surface area (Å²) in [6.07, 6.45) is 4.05. The lowest BCUT2D eigenvalue weighted by molar-refractivity contribution is 0.135. The van der Waals surface area contributed by atoms with Crippen LogP contribution in [0, 0.1) is 6.92 Å². The summed E-state index contributed by atoms with van der Waals surface area (Å²) in [4.78, 5) is 0. The van der Waals surface area contributed by atoms with Gasteiger partial charge in [0, 0.05) is 12.1 Å². The predicted molar refractivity (Wildman–Crippen MR) is 90.8 cm³/mol. The quantitative estimate of drug-likeness (QED) is 0.880. The highest BCUT2D eigenvalue weighted by molar-refractivity contribution is 5.24. The molecular formula is C20H25NO. The molecule has 2 nitrogen and oxygen atoms in total. The van der Waals surface area contributed by atoms with Crippen LogP contribution >= 0.6 is 0 Å². The van der Waals surface area contributed by atoms with Gasteiger partial charge in [0.25, 0.3) is 0 Å². The fourth-order valence-electron chi connectivity index (χ4n) is 3.31. The number of hydrogen-bond donors (Lipinski definition) is 2. The van der Waals surface area contributed by atoms with Crippen molar-refractivity contribution < 1.29 is 5.11 Å². The van der Waals surface area contributed by atoms with Crippen LogP contribution in [0.2, 0.25) is 0 Å². The summed E-state index contributed by atoms with van der Waals surface area (Å²) in [5.74, 6) is 0. The van der Waals surface area contributed by atoms with Crippen molar-refractivity contribution in [2.75, 3.05) is 0 Å². The number of rotatable bonds is 5. The van der Waals surface area contributed by atoms with Crippen LogP contribution in [0.15, 0.2) is 54.6 Å². The first kappa shape index (κ1) is 15.3. The van der Waals surface area contributed by atoms with Gasteiger partial charge in [-0.3, -0.25) is 0 Å². The molecule has 2 aromatic carbocycles. The van der Waals surface area contributed by atoms with Crippen LogP contribution in [0.1, 0.15) is 42.1 Å². The number of benzene rings is 2. The summed E-state index contributed by atoms with van der Waals surface area (Å²) in [6, 6.07) is 19.6. The average Bonchev–Trinajstić information content (AvgIpc) is 3.03. The Kier molecular flexibility index (Phi) is 4.91. The van der Waals surface area contributed by atoms with Gasteiger partial charge in [-0.15, -0.1) is 0 Å². The van der Waals surface area contributed by atoms with Gasteiger partial charge >= 0.3 is 0 Å². The minimum Gasteiger partial charge on any atom is -0.387 e. The number of nitrogens with one attached hydrogen (secondary N) is 1. The number of aliphatic hydroxyl groups is 1. The molecule has 1 saturated heterocycles. The Hall–Kier alpha value is -1.64. The van der Waals surface area contributed by atoms with Crippen LogP contribution in [0.3, 0.4) is 0 Å². The fraction of sp³-hybridized carbons (Fsp3) is 0.400. The van der Waals surface area contributed by atoms with E-state index >= 15 is 0 Å². The van der Waals surface area contributed by atoms with Crippen molar-refractivity contribution >= 4 is 0 Å². The summed E-state index contributed by atoms with van der Waals surface area (Å²) in [5, 5.41) is 14.2. The molecule has 1 aliphatic heterocycles. The Morgan fingerprint density at radius 1 is 1.05 bits per heavy atom. The topological polar surface area (TPSA) is 32.3 Å². The Labute approximate surface area is 133 Å². The Balaban J connectivity index is 1.52. The van der Waals surface area contributed by atoms with Crippen LogP contribution in [0.4, 0.5) is 0 Å². The Morgan fingerprint density at radius 2 is 1.77 bits per heavy atom. The number of hydrogen-bond acceptors (Lipinski definition) is 2. The zero-order valence-corrected chi connectivity index (χ0v) is 13.2. The van der Waals surface area contributed by atoms with E-state index in [0.717, 1.165) is 31.2 Å². The molecule has 0 amide bonds. The lowest BCUT2D eigenvalue weighted by atomic mass is 10.00. The summed E-state index contributed by atoms with van der Waals surface area (Å²) in [6.45, 7) is 2.07. The van der Waals surface area contributed by atoms with Crippen molar-refractivity contribution in [3.63, 3.8) is 0 Å². The predicted octanol–water partition coefficient (Wildman–Crippen LogP) is 3.78.